The van der Waals surface area contributed by atoms with Crippen molar-refractivity contribution in [1.82, 2.24) is 0 Å². The first-order chi connectivity index (χ1) is 10.7. The summed E-state index contributed by atoms with van der Waals surface area (Å²) in [7, 11) is 1.67. The maximum Gasteiger partial charge on any atom is 0.338 e. The summed E-state index contributed by atoms with van der Waals surface area (Å²) in [6.07, 6.45) is 6.02. The number of carbonyl (C=O) groups excluding carboxylic acids is 1. The second-order valence-corrected chi connectivity index (χ2v) is 5.97. The molecular formula is C19H26O3. The minimum absolute atomic E-state index is 0.145. The first kappa shape index (κ1) is 16.8. The quantitative estimate of drug-likeness (QED) is 0.574. The number of benzene rings is 1. The van der Waals surface area contributed by atoms with Crippen molar-refractivity contribution in [1.29, 1.82) is 0 Å². The molecule has 0 saturated carbocycles. The van der Waals surface area contributed by atoms with Crippen LogP contribution in [0.25, 0.3) is 0 Å². The third-order valence-corrected chi connectivity index (χ3v) is 4.35. The maximum atomic E-state index is 12.4. The van der Waals surface area contributed by atoms with Gasteiger partial charge in [-0.15, -0.1) is 0 Å². The molecule has 0 aromatic heterocycles. The SMILES string of the molecule is CCC(C)c1cccc(C(=O)OC2CCCC=C2COC)c1. The Hall–Kier alpha value is -1.61. The molecule has 22 heavy (non-hydrogen) atoms. The molecule has 2 atom stereocenters. The van der Waals surface area contributed by atoms with Crippen LogP contribution in [-0.2, 0) is 9.47 Å². The Labute approximate surface area is 133 Å². The van der Waals surface area contributed by atoms with Crippen LogP contribution in [0, 0.1) is 0 Å². The smallest absolute Gasteiger partial charge is 0.338 e. The maximum absolute atomic E-state index is 12.4. The fourth-order valence-corrected chi connectivity index (χ4v) is 2.77. The van der Waals surface area contributed by atoms with Crippen molar-refractivity contribution in [2.24, 2.45) is 0 Å². The van der Waals surface area contributed by atoms with E-state index in [1.807, 2.05) is 18.2 Å². The highest BCUT2D eigenvalue weighted by Gasteiger charge is 2.22. The van der Waals surface area contributed by atoms with Crippen LogP contribution in [0.3, 0.4) is 0 Å². The predicted octanol–water partition coefficient (Wildman–Crippen LogP) is 4.48. The van der Waals surface area contributed by atoms with Gasteiger partial charge in [0.05, 0.1) is 12.2 Å². The molecule has 0 N–H and O–H groups in total. The van der Waals surface area contributed by atoms with Gasteiger partial charge in [-0.3, -0.25) is 0 Å². The number of carbonyl (C=O) groups is 1. The minimum atomic E-state index is -0.237. The van der Waals surface area contributed by atoms with Gasteiger partial charge >= 0.3 is 5.97 Å². The van der Waals surface area contributed by atoms with Gasteiger partial charge in [0.1, 0.15) is 6.10 Å². The highest BCUT2D eigenvalue weighted by Crippen LogP contribution is 2.24. The van der Waals surface area contributed by atoms with Crippen LogP contribution in [0.15, 0.2) is 35.9 Å². The van der Waals surface area contributed by atoms with Crippen LogP contribution in [0.2, 0.25) is 0 Å². The number of hydrogen-bond acceptors (Lipinski definition) is 3. The molecule has 3 nitrogen and oxygen atoms in total. The van der Waals surface area contributed by atoms with E-state index in [4.69, 9.17) is 9.47 Å². The average molecular weight is 302 g/mol. The van der Waals surface area contributed by atoms with Gasteiger partial charge in [-0.25, -0.2) is 4.79 Å². The summed E-state index contributed by atoms with van der Waals surface area (Å²) in [6, 6.07) is 7.79. The summed E-state index contributed by atoms with van der Waals surface area (Å²) in [5.41, 5.74) is 2.91. The summed E-state index contributed by atoms with van der Waals surface area (Å²) in [6.45, 7) is 4.86. The Balaban J connectivity index is 2.08. The molecule has 1 aromatic rings. The zero-order chi connectivity index (χ0) is 15.9. The minimum Gasteiger partial charge on any atom is -0.454 e. The van der Waals surface area contributed by atoms with E-state index in [1.165, 1.54) is 5.56 Å². The van der Waals surface area contributed by atoms with Crippen molar-refractivity contribution < 1.29 is 14.3 Å². The molecular weight excluding hydrogens is 276 g/mol. The Bertz CT molecular complexity index is 533. The Morgan fingerprint density at radius 2 is 2.23 bits per heavy atom. The van der Waals surface area contributed by atoms with Crippen LogP contribution >= 0.6 is 0 Å². The van der Waals surface area contributed by atoms with E-state index in [0.29, 0.717) is 18.1 Å². The van der Waals surface area contributed by atoms with Gasteiger partial charge in [-0.2, -0.15) is 0 Å². The second kappa shape index (κ2) is 8.14. The molecule has 0 aliphatic heterocycles. The molecule has 2 rings (SSSR count). The number of allylic oxidation sites excluding steroid dienone is 1. The van der Waals surface area contributed by atoms with Crippen molar-refractivity contribution in [2.75, 3.05) is 13.7 Å². The van der Waals surface area contributed by atoms with Crippen molar-refractivity contribution in [3.05, 3.63) is 47.0 Å². The van der Waals surface area contributed by atoms with Gasteiger partial charge in [0.15, 0.2) is 0 Å². The third-order valence-electron chi connectivity index (χ3n) is 4.35. The molecule has 1 aliphatic carbocycles. The summed E-state index contributed by atoms with van der Waals surface area (Å²) in [5, 5.41) is 0. The Morgan fingerprint density at radius 3 is 2.95 bits per heavy atom. The van der Waals surface area contributed by atoms with Crippen LogP contribution in [0.5, 0.6) is 0 Å². The van der Waals surface area contributed by atoms with Crippen LogP contribution in [0.1, 0.15) is 61.4 Å². The molecule has 0 spiro atoms. The van der Waals surface area contributed by atoms with E-state index in [2.05, 4.69) is 26.0 Å². The van der Waals surface area contributed by atoms with Gasteiger partial charge < -0.3 is 9.47 Å². The third kappa shape index (κ3) is 4.20. The van der Waals surface area contributed by atoms with E-state index in [0.717, 1.165) is 31.3 Å². The lowest BCUT2D eigenvalue weighted by Crippen LogP contribution is -2.25. The molecule has 0 radical (unpaired) electrons. The van der Waals surface area contributed by atoms with Crippen molar-refractivity contribution >= 4 is 5.97 Å². The van der Waals surface area contributed by atoms with Crippen LogP contribution in [-0.4, -0.2) is 25.8 Å². The zero-order valence-corrected chi connectivity index (χ0v) is 13.8. The second-order valence-electron chi connectivity index (χ2n) is 5.97. The summed E-state index contributed by atoms with van der Waals surface area (Å²) in [4.78, 5) is 12.4. The molecule has 2 unspecified atom stereocenters. The number of methoxy groups -OCH3 is 1. The van der Waals surface area contributed by atoms with E-state index in [9.17, 15) is 4.79 Å². The Kier molecular flexibility index (Phi) is 6.20. The number of hydrogen-bond donors (Lipinski definition) is 0. The summed E-state index contributed by atoms with van der Waals surface area (Å²) in [5.74, 6) is 0.213. The van der Waals surface area contributed by atoms with Crippen molar-refractivity contribution in [3.8, 4) is 0 Å². The molecule has 3 heteroatoms. The fraction of sp³-hybridized carbons (Fsp3) is 0.526. The average Bonchev–Trinajstić information content (AvgIpc) is 2.56. The lowest BCUT2D eigenvalue weighted by Gasteiger charge is -2.24. The van der Waals surface area contributed by atoms with Crippen molar-refractivity contribution in [3.63, 3.8) is 0 Å². The van der Waals surface area contributed by atoms with E-state index in [1.54, 1.807) is 7.11 Å². The van der Waals surface area contributed by atoms with Crippen LogP contribution < -0.4 is 0 Å². The largest absolute Gasteiger partial charge is 0.454 e. The van der Waals surface area contributed by atoms with E-state index >= 15 is 0 Å². The lowest BCUT2D eigenvalue weighted by molar-refractivity contribution is 0.0314. The first-order valence-electron chi connectivity index (χ1n) is 8.14. The zero-order valence-electron chi connectivity index (χ0n) is 13.8. The molecule has 0 heterocycles. The summed E-state index contributed by atoms with van der Waals surface area (Å²) < 4.78 is 10.9. The predicted molar refractivity (Wildman–Crippen MR) is 88.2 cm³/mol. The lowest BCUT2D eigenvalue weighted by atomic mass is 9.96. The van der Waals surface area contributed by atoms with Gasteiger partial charge in [-0.1, -0.05) is 32.1 Å². The van der Waals surface area contributed by atoms with E-state index in [-0.39, 0.29) is 12.1 Å². The molecule has 0 bridgehead atoms. The molecule has 1 aromatic carbocycles. The fourth-order valence-electron chi connectivity index (χ4n) is 2.77. The molecule has 1 aliphatic rings. The van der Waals surface area contributed by atoms with Crippen LogP contribution in [0.4, 0.5) is 0 Å². The molecule has 120 valence electrons. The monoisotopic (exact) mass is 302 g/mol. The van der Waals surface area contributed by atoms with Gasteiger partial charge in [-0.05, 0) is 54.9 Å². The van der Waals surface area contributed by atoms with E-state index < -0.39 is 0 Å². The summed E-state index contributed by atoms with van der Waals surface area (Å²) >= 11 is 0. The topological polar surface area (TPSA) is 35.5 Å². The van der Waals surface area contributed by atoms with Crippen molar-refractivity contribution in [2.45, 2.75) is 51.6 Å². The molecule has 0 amide bonds. The number of rotatable bonds is 6. The first-order valence-corrected chi connectivity index (χ1v) is 8.14. The van der Waals surface area contributed by atoms with Gasteiger partial charge in [0, 0.05) is 7.11 Å². The molecule has 0 fully saturated rings. The molecule has 0 saturated heterocycles. The highest BCUT2D eigenvalue weighted by atomic mass is 16.5. The van der Waals surface area contributed by atoms with Gasteiger partial charge in [0.25, 0.3) is 0 Å². The van der Waals surface area contributed by atoms with Gasteiger partial charge in [0.2, 0.25) is 0 Å². The number of ether oxygens (including phenoxy) is 2. The number of esters is 1. The normalized spacial score (nSPS) is 19.4. The standard InChI is InChI=1S/C19H26O3/c1-4-14(2)15-9-7-10-16(12-15)19(20)22-18-11-6-5-8-17(18)13-21-3/h7-10,12,14,18H,4-6,11,13H2,1-3H3. The Morgan fingerprint density at radius 1 is 1.41 bits per heavy atom. The highest BCUT2D eigenvalue weighted by molar-refractivity contribution is 5.89.